The molecule has 1 saturated heterocycles. The van der Waals surface area contributed by atoms with Crippen molar-refractivity contribution in [2.75, 3.05) is 13.1 Å². The van der Waals surface area contributed by atoms with E-state index in [4.69, 9.17) is 4.74 Å². The second kappa shape index (κ2) is 7.80. The molecule has 1 unspecified atom stereocenters. The minimum Gasteiger partial charge on any atom is -0.459 e. The number of nitrogens with zero attached hydrogens (tertiary/aromatic N) is 3. The molecule has 3 rings (SSSR count). The molecule has 2 heterocycles. The van der Waals surface area contributed by atoms with Crippen molar-refractivity contribution >= 4 is 26.0 Å². The number of hydrogen-bond acceptors (Lipinski definition) is 5. The van der Waals surface area contributed by atoms with Crippen molar-refractivity contribution in [1.82, 2.24) is 14.3 Å². The molecule has 0 amide bonds. The van der Waals surface area contributed by atoms with Crippen molar-refractivity contribution < 1.29 is 13.2 Å². The lowest BCUT2D eigenvalue weighted by molar-refractivity contribution is 0.119. The van der Waals surface area contributed by atoms with E-state index < -0.39 is 10.0 Å². The average molecular weight is 426 g/mol. The van der Waals surface area contributed by atoms with Crippen molar-refractivity contribution in [3.05, 3.63) is 46.7 Å². The second-order valence-corrected chi connectivity index (χ2v) is 8.66. The van der Waals surface area contributed by atoms with Crippen molar-refractivity contribution in [1.29, 1.82) is 0 Å². The van der Waals surface area contributed by atoms with Crippen LogP contribution >= 0.6 is 15.9 Å². The molecule has 0 radical (unpaired) electrons. The Bertz CT molecular complexity index is 827. The van der Waals surface area contributed by atoms with Gasteiger partial charge < -0.3 is 4.74 Å². The minimum absolute atomic E-state index is 0.251. The molecule has 134 valence electrons. The lowest BCUT2D eigenvalue weighted by Gasteiger charge is -2.31. The van der Waals surface area contributed by atoms with Crippen LogP contribution in [0.5, 0.6) is 6.01 Å². The third-order valence-electron chi connectivity index (χ3n) is 4.16. The van der Waals surface area contributed by atoms with E-state index in [-0.39, 0.29) is 11.0 Å². The third-order valence-corrected chi connectivity index (χ3v) is 7.03. The lowest BCUT2D eigenvalue weighted by atomic mass is 10.1. The standard InChI is InChI=1S/C17H20BrN3O3S/c1-2-13-10-19-17(20-11-13)24-14-6-5-9-21(12-14)25(22,23)16-8-4-3-7-15(16)18/h3-4,7-8,10-11,14H,2,5-6,9,12H2,1H3. The van der Waals surface area contributed by atoms with Crippen LogP contribution in [0, 0.1) is 0 Å². The molecule has 0 spiro atoms. The highest BCUT2D eigenvalue weighted by atomic mass is 79.9. The van der Waals surface area contributed by atoms with Gasteiger partial charge >= 0.3 is 6.01 Å². The molecule has 0 aliphatic carbocycles. The summed E-state index contributed by atoms with van der Waals surface area (Å²) in [6, 6.07) is 7.15. The van der Waals surface area contributed by atoms with Crippen LogP contribution in [0.1, 0.15) is 25.3 Å². The van der Waals surface area contributed by atoms with E-state index >= 15 is 0 Å². The SMILES string of the molecule is CCc1cnc(OC2CCCN(S(=O)(=O)c3ccccc3Br)C2)nc1. The first-order chi connectivity index (χ1) is 12.0. The Hall–Kier alpha value is -1.51. The molecule has 1 aliphatic heterocycles. The van der Waals surface area contributed by atoms with Crippen LogP contribution in [-0.4, -0.2) is 41.9 Å². The van der Waals surface area contributed by atoms with Crippen LogP contribution in [0.15, 0.2) is 46.0 Å². The van der Waals surface area contributed by atoms with Gasteiger partial charge in [0, 0.05) is 23.4 Å². The summed E-state index contributed by atoms with van der Waals surface area (Å²) in [5.41, 5.74) is 1.04. The number of benzene rings is 1. The molecule has 25 heavy (non-hydrogen) atoms. The fourth-order valence-corrected chi connectivity index (χ4v) is 5.22. The van der Waals surface area contributed by atoms with E-state index in [1.54, 1.807) is 36.7 Å². The summed E-state index contributed by atoms with van der Waals surface area (Å²) in [6.07, 6.45) is 5.60. The molecule has 8 heteroatoms. The van der Waals surface area contributed by atoms with E-state index in [0.717, 1.165) is 24.8 Å². The van der Waals surface area contributed by atoms with Crippen molar-refractivity contribution in [2.24, 2.45) is 0 Å². The summed E-state index contributed by atoms with van der Waals surface area (Å²) >= 11 is 3.32. The van der Waals surface area contributed by atoms with Gasteiger partial charge in [-0.15, -0.1) is 0 Å². The van der Waals surface area contributed by atoms with Crippen LogP contribution < -0.4 is 4.74 Å². The molecule has 1 aromatic carbocycles. The van der Waals surface area contributed by atoms with Crippen LogP contribution in [-0.2, 0) is 16.4 Å². The average Bonchev–Trinajstić information content (AvgIpc) is 2.63. The maximum Gasteiger partial charge on any atom is 0.316 e. The van der Waals surface area contributed by atoms with E-state index in [0.29, 0.717) is 23.6 Å². The Morgan fingerprint density at radius 1 is 1.28 bits per heavy atom. The molecule has 2 aromatic rings. The second-order valence-electron chi connectivity index (χ2n) is 5.90. The maximum absolute atomic E-state index is 12.9. The van der Waals surface area contributed by atoms with Gasteiger partial charge in [0.1, 0.15) is 6.10 Å². The molecular formula is C17H20BrN3O3S. The molecule has 1 atom stereocenters. The molecule has 0 bridgehead atoms. The monoisotopic (exact) mass is 425 g/mol. The molecular weight excluding hydrogens is 406 g/mol. The van der Waals surface area contributed by atoms with Crippen LogP contribution in [0.3, 0.4) is 0 Å². The zero-order valence-electron chi connectivity index (χ0n) is 13.9. The molecule has 1 fully saturated rings. The summed E-state index contributed by atoms with van der Waals surface area (Å²) in [5.74, 6) is 0. The van der Waals surface area contributed by atoms with Gasteiger partial charge in [0.2, 0.25) is 10.0 Å². The maximum atomic E-state index is 12.9. The fraction of sp³-hybridized carbons (Fsp3) is 0.412. The molecule has 0 saturated carbocycles. The van der Waals surface area contributed by atoms with Gasteiger partial charge in [-0.1, -0.05) is 19.1 Å². The number of rotatable bonds is 5. The van der Waals surface area contributed by atoms with Crippen LogP contribution in [0.4, 0.5) is 0 Å². The zero-order chi connectivity index (χ0) is 17.9. The quantitative estimate of drug-likeness (QED) is 0.735. The largest absolute Gasteiger partial charge is 0.459 e. The molecule has 1 aliphatic rings. The Morgan fingerprint density at radius 2 is 2.00 bits per heavy atom. The highest BCUT2D eigenvalue weighted by Gasteiger charge is 2.32. The summed E-state index contributed by atoms with van der Waals surface area (Å²) < 4.78 is 33.6. The normalized spacial score (nSPS) is 18.9. The van der Waals surface area contributed by atoms with E-state index in [1.165, 1.54) is 4.31 Å². The first-order valence-corrected chi connectivity index (χ1v) is 10.5. The number of aryl methyl sites for hydroxylation is 1. The van der Waals surface area contributed by atoms with E-state index in [2.05, 4.69) is 25.9 Å². The lowest BCUT2D eigenvalue weighted by Crippen LogP contribution is -2.44. The van der Waals surface area contributed by atoms with Gasteiger partial charge in [-0.2, -0.15) is 4.31 Å². The van der Waals surface area contributed by atoms with Gasteiger partial charge in [-0.25, -0.2) is 18.4 Å². The topological polar surface area (TPSA) is 72.4 Å². The highest BCUT2D eigenvalue weighted by Crippen LogP contribution is 2.27. The number of aromatic nitrogens is 2. The number of halogens is 1. The van der Waals surface area contributed by atoms with Gasteiger partial charge in [0.05, 0.1) is 11.4 Å². The fourth-order valence-electron chi connectivity index (χ4n) is 2.75. The number of hydrogen-bond donors (Lipinski definition) is 0. The summed E-state index contributed by atoms with van der Waals surface area (Å²) in [4.78, 5) is 8.67. The highest BCUT2D eigenvalue weighted by molar-refractivity contribution is 9.10. The van der Waals surface area contributed by atoms with Crippen molar-refractivity contribution in [2.45, 2.75) is 37.2 Å². The smallest absolute Gasteiger partial charge is 0.316 e. The van der Waals surface area contributed by atoms with Gasteiger partial charge in [-0.05, 0) is 52.9 Å². The molecule has 0 N–H and O–H groups in total. The van der Waals surface area contributed by atoms with Gasteiger partial charge in [0.15, 0.2) is 0 Å². The summed E-state index contributed by atoms with van der Waals surface area (Å²) in [5, 5.41) is 0. The van der Waals surface area contributed by atoms with Crippen molar-refractivity contribution in [3.63, 3.8) is 0 Å². The van der Waals surface area contributed by atoms with E-state index in [1.807, 2.05) is 6.92 Å². The summed E-state index contributed by atoms with van der Waals surface area (Å²) in [6.45, 7) is 2.81. The Morgan fingerprint density at radius 3 is 2.68 bits per heavy atom. The Balaban J connectivity index is 1.73. The molecule has 1 aromatic heterocycles. The van der Waals surface area contributed by atoms with Crippen molar-refractivity contribution in [3.8, 4) is 6.01 Å². The summed E-state index contributed by atoms with van der Waals surface area (Å²) in [7, 11) is -3.56. The minimum atomic E-state index is -3.56. The first-order valence-electron chi connectivity index (χ1n) is 8.23. The predicted octanol–water partition coefficient (Wildman–Crippen LogP) is 3.03. The first kappa shape index (κ1) is 18.3. The van der Waals surface area contributed by atoms with E-state index in [9.17, 15) is 8.42 Å². The molecule has 6 nitrogen and oxygen atoms in total. The third kappa shape index (κ3) is 4.19. The zero-order valence-corrected chi connectivity index (χ0v) is 16.3. The number of sulfonamides is 1. The van der Waals surface area contributed by atoms with Crippen LogP contribution in [0.25, 0.3) is 0 Å². The number of piperidine rings is 1. The van der Waals surface area contributed by atoms with Gasteiger partial charge in [-0.3, -0.25) is 0 Å². The van der Waals surface area contributed by atoms with Crippen LogP contribution in [0.2, 0.25) is 0 Å². The Labute approximate surface area is 156 Å². The Kier molecular flexibility index (Phi) is 5.71. The van der Waals surface area contributed by atoms with Gasteiger partial charge in [0.25, 0.3) is 0 Å². The number of ether oxygens (including phenoxy) is 1. The predicted molar refractivity (Wildman–Crippen MR) is 98.0 cm³/mol.